The molecule has 1 saturated carbocycles. The molecule has 1 aromatic carbocycles. The van der Waals surface area contributed by atoms with Crippen molar-refractivity contribution in [3.63, 3.8) is 0 Å². The van der Waals surface area contributed by atoms with Crippen molar-refractivity contribution >= 4 is 27.4 Å². The first-order valence-corrected chi connectivity index (χ1v) is 9.86. The zero-order valence-electron chi connectivity index (χ0n) is 12.5. The van der Waals surface area contributed by atoms with Gasteiger partial charge in [-0.2, -0.15) is 0 Å². The van der Waals surface area contributed by atoms with E-state index < -0.39 is 9.84 Å². The number of halogens is 1. The van der Waals surface area contributed by atoms with E-state index in [1.54, 1.807) is 0 Å². The minimum Gasteiger partial charge on any atom is -0.457 e. The predicted molar refractivity (Wildman–Crippen MR) is 84.6 cm³/mol. The van der Waals surface area contributed by atoms with Gasteiger partial charge in [0.05, 0.1) is 12.2 Å². The Kier molecular flexibility index (Phi) is 3.98. The highest BCUT2D eigenvalue weighted by Crippen LogP contribution is 2.50. The zero-order chi connectivity index (χ0) is 16.0. The Morgan fingerprint density at radius 1 is 1.41 bits per heavy atom. The van der Waals surface area contributed by atoms with E-state index in [4.69, 9.17) is 16.3 Å². The number of fused-ring (bicyclic) bond motifs is 1. The Morgan fingerprint density at radius 2 is 2.14 bits per heavy atom. The van der Waals surface area contributed by atoms with Crippen LogP contribution in [0.3, 0.4) is 0 Å². The van der Waals surface area contributed by atoms with E-state index in [-0.39, 0.29) is 29.7 Å². The van der Waals surface area contributed by atoms with E-state index in [9.17, 15) is 13.2 Å². The van der Waals surface area contributed by atoms with Crippen LogP contribution in [0.1, 0.15) is 42.9 Å². The molecule has 0 saturated heterocycles. The lowest BCUT2D eigenvalue weighted by molar-refractivity contribution is -0.150. The number of hydrogen-bond acceptors (Lipinski definition) is 4. The highest BCUT2D eigenvalue weighted by molar-refractivity contribution is 7.90. The van der Waals surface area contributed by atoms with Crippen LogP contribution in [0.25, 0.3) is 0 Å². The van der Waals surface area contributed by atoms with Gasteiger partial charge in [-0.15, -0.1) is 0 Å². The molecule has 22 heavy (non-hydrogen) atoms. The summed E-state index contributed by atoms with van der Waals surface area (Å²) in [4.78, 5) is 12.2. The van der Waals surface area contributed by atoms with Gasteiger partial charge in [-0.25, -0.2) is 8.42 Å². The van der Waals surface area contributed by atoms with Gasteiger partial charge in [0.15, 0.2) is 0 Å². The first-order valence-electron chi connectivity index (χ1n) is 7.43. The number of carbonyl (C=O) groups is 1. The van der Waals surface area contributed by atoms with Gasteiger partial charge in [-0.3, -0.25) is 4.79 Å². The van der Waals surface area contributed by atoms with Crippen LogP contribution < -0.4 is 0 Å². The molecule has 1 fully saturated rings. The second kappa shape index (κ2) is 5.53. The van der Waals surface area contributed by atoms with Crippen molar-refractivity contribution in [2.45, 2.75) is 38.2 Å². The molecule has 4 nitrogen and oxygen atoms in total. The summed E-state index contributed by atoms with van der Waals surface area (Å²) in [6.07, 6.45) is 4.26. The smallest absolute Gasteiger partial charge is 0.306 e. The summed E-state index contributed by atoms with van der Waals surface area (Å²) in [7, 11) is -3.07. The first-order chi connectivity index (χ1) is 10.3. The summed E-state index contributed by atoms with van der Waals surface area (Å²) in [6, 6.07) is 5.64. The summed E-state index contributed by atoms with van der Waals surface area (Å²) in [5, 5.41) is 0.715. The van der Waals surface area contributed by atoms with Crippen molar-refractivity contribution in [1.29, 1.82) is 0 Å². The molecule has 120 valence electrons. The minimum atomic E-state index is -3.07. The SMILES string of the molecule is CS(=O)(=O)CC1(CC(=O)OC2CCc3c(Cl)cccc32)CC1. The number of carbonyl (C=O) groups excluding carboxylic acids is 1. The molecule has 0 spiro atoms. The van der Waals surface area contributed by atoms with E-state index in [0.717, 1.165) is 36.8 Å². The number of rotatable bonds is 5. The van der Waals surface area contributed by atoms with Crippen molar-refractivity contribution in [3.05, 3.63) is 34.3 Å². The third-order valence-electron chi connectivity index (χ3n) is 4.48. The van der Waals surface area contributed by atoms with Crippen LogP contribution in [0.2, 0.25) is 5.02 Å². The molecule has 1 aromatic rings. The third-order valence-corrected chi connectivity index (χ3v) is 5.97. The van der Waals surface area contributed by atoms with Crippen LogP contribution in [0.5, 0.6) is 0 Å². The van der Waals surface area contributed by atoms with Gasteiger partial charge >= 0.3 is 5.97 Å². The van der Waals surface area contributed by atoms with E-state index in [2.05, 4.69) is 0 Å². The molecule has 2 aliphatic rings. The van der Waals surface area contributed by atoms with Gasteiger partial charge < -0.3 is 4.74 Å². The Bertz CT molecular complexity index is 707. The van der Waals surface area contributed by atoms with Crippen molar-refractivity contribution in [2.24, 2.45) is 5.41 Å². The van der Waals surface area contributed by atoms with E-state index in [0.29, 0.717) is 5.02 Å². The molecule has 0 radical (unpaired) electrons. The number of benzene rings is 1. The predicted octanol–water partition coefficient (Wildman–Crippen LogP) is 3.09. The summed E-state index contributed by atoms with van der Waals surface area (Å²) in [5.41, 5.74) is 1.65. The number of ether oxygens (including phenoxy) is 1. The fourth-order valence-electron chi connectivity index (χ4n) is 3.31. The molecule has 0 amide bonds. The Balaban J connectivity index is 1.64. The second-order valence-electron chi connectivity index (χ2n) is 6.57. The number of sulfone groups is 1. The maximum absolute atomic E-state index is 12.2. The van der Waals surface area contributed by atoms with Crippen LogP contribution in [-0.4, -0.2) is 26.4 Å². The molecule has 0 N–H and O–H groups in total. The zero-order valence-corrected chi connectivity index (χ0v) is 14.0. The normalized spacial score (nSPS) is 22.2. The Labute approximate surface area is 135 Å². The topological polar surface area (TPSA) is 60.4 Å². The van der Waals surface area contributed by atoms with Gasteiger partial charge in [0.2, 0.25) is 0 Å². The largest absolute Gasteiger partial charge is 0.457 e. The van der Waals surface area contributed by atoms with Gasteiger partial charge in [0.25, 0.3) is 0 Å². The fraction of sp³-hybridized carbons (Fsp3) is 0.562. The molecule has 1 unspecified atom stereocenters. The van der Waals surface area contributed by atoms with Gasteiger partial charge in [0, 0.05) is 11.3 Å². The Morgan fingerprint density at radius 3 is 2.77 bits per heavy atom. The average Bonchev–Trinajstić information content (AvgIpc) is 2.98. The monoisotopic (exact) mass is 342 g/mol. The van der Waals surface area contributed by atoms with E-state index in [1.165, 1.54) is 6.26 Å². The molecular formula is C16H19ClO4S. The van der Waals surface area contributed by atoms with E-state index >= 15 is 0 Å². The Hall–Kier alpha value is -1.07. The standard InChI is InChI=1S/C16H19ClO4S/c1-22(19,20)10-16(7-8-16)9-15(18)21-14-6-5-11-12(14)3-2-4-13(11)17/h2-4,14H,5-10H2,1H3. The van der Waals surface area contributed by atoms with Crippen LogP contribution >= 0.6 is 11.6 Å². The van der Waals surface area contributed by atoms with Gasteiger partial charge in [-0.1, -0.05) is 23.7 Å². The lowest BCUT2D eigenvalue weighted by Crippen LogP contribution is -2.21. The maximum Gasteiger partial charge on any atom is 0.306 e. The van der Waals surface area contributed by atoms with Crippen molar-refractivity contribution in [1.82, 2.24) is 0 Å². The molecule has 1 atom stereocenters. The fourth-order valence-corrected chi connectivity index (χ4v) is 5.09. The molecule has 2 aliphatic carbocycles. The lowest BCUT2D eigenvalue weighted by atomic mass is 10.1. The highest BCUT2D eigenvalue weighted by atomic mass is 35.5. The molecule has 0 bridgehead atoms. The van der Waals surface area contributed by atoms with Crippen molar-refractivity contribution in [3.8, 4) is 0 Å². The van der Waals surface area contributed by atoms with Crippen LogP contribution in [0.15, 0.2) is 18.2 Å². The minimum absolute atomic E-state index is 0.0716. The number of hydrogen-bond donors (Lipinski definition) is 0. The highest BCUT2D eigenvalue weighted by Gasteiger charge is 2.47. The van der Waals surface area contributed by atoms with E-state index in [1.807, 2.05) is 18.2 Å². The van der Waals surface area contributed by atoms with Crippen molar-refractivity contribution in [2.75, 3.05) is 12.0 Å². The maximum atomic E-state index is 12.2. The van der Waals surface area contributed by atoms with Crippen LogP contribution in [-0.2, 0) is 25.8 Å². The lowest BCUT2D eigenvalue weighted by Gasteiger charge is -2.17. The first kappa shape index (κ1) is 15.8. The number of esters is 1. The van der Waals surface area contributed by atoms with Crippen LogP contribution in [0.4, 0.5) is 0 Å². The summed E-state index contributed by atoms with van der Waals surface area (Å²) in [6.45, 7) is 0. The van der Waals surface area contributed by atoms with Gasteiger partial charge in [-0.05, 0) is 48.3 Å². The quantitative estimate of drug-likeness (QED) is 0.771. The molecule has 6 heteroatoms. The second-order valence-corrected chi connectivity index (χ2v) is 9.12. The summed E-state index contributed by atoms with van der Waals surface area (Å²) < 4.78 is 28.5. The summed E-state index contributed by atoms with van der Waals surface area (Å²) in [5.74, 6) is -0.235. The average molecular weight is 343 g/mol. The van der Waals surface area contributed by atoms with Crippen molar-refractivity contribution < 1.29 is 17.9 Å². The molecular weight excluding hydrogens is 324 g/mol. The molecule has 3 rings (SSSR count). The molecule has 0 heterocycles. The molecule has 0 aromatic heterocycles. The van der Waals surface area contributed by atoms with Crippen LogP contribution in [0, 0.1) is 5.41 Å². The summed E-state index contributed by atoms with van der Waals surface area (Å²) >= 11 is 6.15. The van der Waals surface area contributed by atoms with Gasteiger partial charge in [0.1, 0.15) is 15.9 Å². The third kappa shape index (κ3) is 3.46. The molecule has 0 aliphatic heterocycles.